The van der Waals surface area contributed by atoms with Crippen LogP contribution in [0.1, 0.15) is 22.6 Å². The third kappa shape index (κ3) is 2.64. The Labute approximate surface area is 167 Å². The number of fused-ring (bicyclic) bond motifs is 4. The highest BCUT2D eigenvalue weighted by atomic mass is 16.5. The molecule has 0 aliphatic carbocycles. The first-order chi connectivity index (χ1) is 14.1. The number of methoxy groups -OCH3 is 1. The number of nitrogens with one attached hydrogen (secondary N) is 1. The van der Waals surface area contributed by atoms with Crippen LogP contribution in [0.2, 0.25) is 0 Å². The van der Waals surface area contributed by atoms with E-state index in [9.17, 15) is 5.11 Å². The number of rotatable bonds is 2. The number of hydrogen-bond acceptors (Lipinski definition) is 5. The lowest BCUT2D eigenvalue weighted by molar-refractivity contribution is 0.414. The number of hydrogen-bond donors (Lipinski definition) is 2. The van der Waals surface area contributed by atoms with Gasteiger partial charge in [0.15, 0.2) is 0 Å². The second-order valence-corrected chi connectivity index (χ2v) is 7.11. The Balaban J connectivity index is 1.87. The van der Waals surface area contributed by atoms with Crippen molar-refractivity contribution in [1.82, 2.24) is 9.55 Å². The van der Waals surface area contributed by atoms with Gasteiger partial charge in [0.1, 0.15) is 22.7 Å². The third-order valence-corrected chi connectivity index (χ3v) is 5.43. The van der Waals surface area contributed by atoms with Gasteiger partial charge >= 0.3 is 0 Å². The zero-order valence-corrected chi connectivity index (χ0v) is 16.0. The molecule has 2 N–H and O–H groups in total. The zero-order chi connectivity index (χ0) is 20.1. The highest BCUT2D eigenvalue weighted by Crippen LogP contribution is 2.48. The van der Waals surface area contributed by atoms with Crippen molar-refractivity contribution in [3.8, 4) is 23.1 Å². The van der Waals surface area contributed by atoms with Gasteiger partial charge in [0.05, 0.1) is 19.0 Å². The predicted octanol–water partition coefficient (Wildman–Crippen LogP) is 4.05. The maximum absolute atomic E-state index is 10.1. The van der Waals surface area contributed by atoms with Gasteiger partial charge in [0, 0.05) is 18.5 Å². The molecule has 1 aliphatic heterocycles. The highest BCUT2D eigenvalue weighted by molar-refractivity contribution is 5.91. The number of aryl methyl sites for hydroxylation is 1. The second kappa shape index (κ2) is 6.38. The Morgan fingerprint density at radius 1 is 1.07 bits per heavy atom. The summed E-state index contributed by atoms with van der Waals surface area (Å²) in [7, 11) is 3.43. The van der Waals surface area contributed by atoms with Crippen molar-refractivity contribution < 1.29 is 14.6 Å². The number of aromatic hydroxyl groups is 1. The normalized spacial score (nSPS) is 14.8. The van der Waals surface area contributed by atoms with Crippen molar-refractivity contribution in [2.75, 3.05) is 7.11 Å². The van der Waals surface area contributed by atoms with Crippen LogP contribution in [0.5, 0.6) is 23.1 Å². The molecule has 1 aliphatic rings. The molecule has 5 rings (SSSR count). The predicted molar refractivity (Wildman–Crippen MR) is 109 cm³/mol. The van der Waals surface area contributed by atoms with Crippen molar-refractivity contribution in [1.29, 1.82) is 5.41 Å². The Morgan fingerprint density at radius 2 is 1.83 bits per heavy atom. The minimum absolute atomic E-state index is 0.188. The largest absolute Gasteiger partial charge is 0.508 e. The van der Waals surface area contributed by atoms with E-state index >= 15 is 0 Å². The van der Waals surface area contributed by atoms with E-state index in [1.165, 1.54) is 0 Å². The molecule has 1 aromatic heterocycles. The quantitative estimate of drug-likeness (QED) is 0.480. The molecule has 1 unspecified atom stereocenters. The van der Waals surface area contributed by atoms with Gasteiger partial charge in [-0.3, -0.25) is 5.41 Å². The summed E-state index contributed by atoms with van der Waals surface area (Å²) >= 11 is 0. The minimum Gasteiger partial charge on any atom is -0.508 e. The monoisotopic (exact) mass is 385 g/mol. The summed E-state index contributed by atoms with van der Waals surface area (Å²) < 4.78 is 13.1. The van der Waals surface area contributed by atoms with Crippen LogP contribution in [0.15, 0.2) is 60.9 Å². The lowest BCUT2D eigenvalue weighted by atomic mass is 9.81. The molecule has 6 heteroatoms. The molecule has 0 saturated heterocycles. The van der Waals surface area contributed by atoms with Gasteiger partial charge in [-0.15, -0.1) is 0 Å². The molecule has 29 heavy (non-hydrogen) atoms. The van der Waals surface area contributed by atoms with Crippen LogP contribution in [0, 0.1) is 5.41 Å². The topological polar surface area (TPSA) is 80.4 Å². The SMILES string of the molecule is COc1ccc(C2c3c(ncn(C)c3=N)Oc3ccc4ccc(O)cc4c32)cc1. The molecule has 0 fully saturated rings. The number of phenolic OH excluding ortho intramolecular Hbond substituents is 1. The summed E-state index contributed by atoms with van der Waals surface area (Å²) in [5.41, 5.74) is 2.94. The first-order valence-electron chi connectivity index (χ1n) is 9.24. The van der Waals surface area contributed by atoms with Gasteiger partial charge in [-0.1, -0.05) is 24.3 Å². The zero-order valence-electron chi connectivity index (χ0n) is 16.0. The molecule has 2 heterocycles. The van der Waals surface area contributed by atoms with Gasteiger partial charge in [0.25, 0.3) is 0 Å². The smallest absolute Gasteiger partial charge is 0.228 e. The summed E-state index contributed by atoms with van der Waals surface area (Å²) in [6, 6.07) is 17.0. The summed E-state index contributed by atoms with van der Waals surface area (Å²) in [6.45, 7) is 0. The molecule has 3 aromatic carbocycles. The Hall–Kier alpha value is -3.80. The third-order valence-electron chi connectivity index (χ3n) is 5.43. The molecule has 144 valence electrons. The maximum Gasteiger partial charge on any atom is 0.228 e. The molecule has 0 radical (unpaired) electrons. The number of ether oxygens (including phenoxy) is 2. The molecule has 6 nitrogen and oxygen atoms in total. The van der Waals surface area contributed by atoms with E-state index in [1.54, 1.807) is 37.2 Å². The van der Waals surface area contributed by atoms with E-state index in [0.717, 1.165) is 27.6 Å². The molecular formula is C23H19N3O3. The van der Waals surface area contributed by atoms with Crippen molar-refractivity contribution >= 4 is 10.8 Å². The molecule has 0 saturated carbocycles. The first-order valence-corrected chi connectivity index (χ1v) is 9.24. The first kappa shape index (κ1) is 17.3. The average molecular weight is 385 g/mol. The van der Waals surface area contributed by atoms with E-state index in [4.69, 9.17) is 14.9 Å². The van der Waals surface area contributed by atoms with Crippen LogP contribution in [-0.4, -0.2) is 21.8 Å². The fourth-order valence-electron chi connectivity index (χ4n) is 3.97. The number of phenols is 1. The number of aromatic nitrogens is 2. The van der Waals surface area contributed by atoms with Gasteiger partial charge in [-0.25, -0.2) is 4.98 Å². The summed E-state index contributed by atoms with van der Waals surface area (Å²) in [5.74, 6) is 1.79. The maximum atomic E-state index is 10.1. The number of benzene rings is 3. The van der Waals surface area contributed by atoms with E-state index in [1.807, 2.05) is 42.5 Å². The van der Waals surface area contributed by atoms with Crippen molar-refractivity contribution in [3.63, 3.8) is 0 Å². The van der Waals surface area contributed by atoms with E-state index in [2.05, 4.69) is 4.98 Å². The number of nitrogens with zero attached hydrogens (tertiary/aromatic N) is 2. The van der Waals surface area contributed by atoms with E-state index in [0.29, 0.717) is 22.7 Å². The lowest BCUT2D eigenvalue weighted by Gasteiger charge is -2.29. The van der Waals surface area contributed by atoms with Crippen LogP contribution >= 0.6 is 0 Å². The highest BCUT2D eigenvalue weighted by Gasteiger charge is 2.33. The van der Waals surface area contributed by atoms with Gasteiger partial charge in [-0.2, -0.15) is 0 Å². The lowest BCUT2D eigenvalue weighted by Crippen LogP contribution is -2.28. The van der Waals surface area contributed by atoms with Crippen LogP contribution in [0.3, 0.4) is 0 Å². The van der Waals surface area contributed by atoms with E-state index in [-0.39, 0.29) is 11.7 Å². The molecule has 0 amide bonds. The van der Waals surface area contributed by atoms with Gasteiger partial charge in [-0.05, 0) is 46.7 Å². The second-order valence-electron chi connectivity index (χ2n) is 7.11. The van der Waals surface area contributed by atoms with Crippen LogP contribution in [-0.2, 0) is 7.05 Å². The van der Waals surface area contributed by atoms with Crippen LogP contribution in [0.25, 0.3) is 10.8 Å². The summed E-state index contributed by atoms with van der Waals surface area (Å²) in [4.78, 5) is 4.43. The van der Waals surface area contributed by atoms with Crippen LogP contribution < -0.4 is 15.0 Å². The molecule has 4 aromatic rings. The van der Waals surface area contributed by atoms with Gasteiger partial charge < -0.3 is 19.1 Å². The summed E-state index contributed by atoms with van der Waals surface area (Å²) in [6.07, 6.45) is 1.59. The minimum atomic E-state index is -0.266. The Bertz CT molecular complexity index is 1310. The van der Waals surface area contributed by atoms with Crippen molar-refractivity contribution in [2.24, 2.45) is 7.05 Å². The molecule has 1 atom stereocenters. The Kier molecular flexibility index (Phi) is 3.81. The van der Waals surface area contributed by atoms with E-state index < -0.39 is 0 Å². The summed E-state index contributed by atoms with van der Waals surface area (Å²) in [5, 5.41) is 20.7. The fourth-order valence-corrected chi connectivity index (χ4v) is 3.97. The standard InChI is InChI=1S/C23H19N3O3/c1-26-12-25-23-21(22(26)24)19(14-4-8-16(28-2)9-5-14)20-17-11-15(27)7-3-13(17)6-10-18(20)29-23/h3-12,19,24,27H,1-2H3. The molecule has 0 spiro atoms. The van der Waals surface area contributed by atoms with Crippen LogP contribution in [0.4, 0.5) is 0 Å². The Morgan fingerprint density at radius 3 is 2.59 bits per heavy atom. The average Bonchev–Trinajstić information content (AvgIpc) is 2.75. The van der Waals surface area contributed by atoms with Crippen molar-refractivity contribution in [2.45, 2.75) is 5.92 Å². The van der Waals surface area contributed by atoms with Gasteiger partial charge in [0.2, 0.25) is 5.88 Å². The fraction of sp³-hybridized carbons (Fsp3) is 0.130. The van der Waals surface area contributed by atoms with Crippen molar-refractivity contribution in [3.05, 3.63) is 83.1 Å². The molecular weight excluding hydrogens is 366 g/mol. The molecule has 0 bridgehead atoms.